The van der Waals surface area contributed by atoms with Crippen molar-refractivity contribution in [3.8, 4) is 11.5 Å². The molecule has 0 aliphatic heterocycles. The Labute approximate surface area is 158 Å². The first-order valence-electron chi connectivity index (χ1n) is 9.41. The highest BCUT2D eigenvalue weighted by molar-refractivity contribution is 5.33. The van der Waals surface area contributed by atoms with E-state index in [1.54, 1.807) is 7.11 Å². The fourth-order valence-corrected chi connectivity index (χ4v) is 3.25. The molecular formula is C23H32O3. The van der Waals surface area contributed by atoms with Gasteiger partial charge in [0.15, 0.2) is 0 Å². The molecule has 0 heterocycles. The Morgan fingerprint density at radius 2 is 1.54 bits per heavy atom. The highest BCUT2D eigenvalue weighted by atomic mass is 16.5. The van der Waals surface area contributed by atoms with E-state index in [0.717, 1.165) is 17.9 Å². The number of rotatable bonds is 9. The van der Waals surface area contributed by atoms with Gasteiger partial charge in [-0.1, -0.05) is 52.0 Å². The smallest absolute Gasteiger partial charge is 0.119 e. The molecule has 0 amide bonds. The molecule has 0 fully saturated rings. The number of hydrogen-bond donors (Lipinski definition) is 1. The summed E-state index contributed by atoms with van der Waals surface area (Å²) in [6.07, 6.45) is 1.35. The van der Waals surface area contributed by atoms with Gasteiger partial charge in [0, 0.05) is 0 Å². The number of benzene rings is 2. The topological polar surface area (TPSA) is 38.7 Å². The minimum atomic E-state index is -0.406. The van der Waals surface area contributed by atoms with Gasteiger partial charge in [-0.2, -0.15) is 0 Å². The molecule has 2 rings (SSSR count). The van der Waals surface area contributed by atoms with Crippen LogP contribution in [0.4, 0.5) is 0 Å². The van der Waals surface area contributed by atoms with Crippen LogP contribution in [0.25, 0.3) is 0 Å². The fourth-order valence-electron chi connectivity index (χ4n) is 3.25. The van der Waals surface area contributed by atoms with Gasteiger partial charge in [-0.15, -0.1) is 0 Å². The minimum Gasteiger partial charge on any atom is -0.497 e. The second-order valence-electron chi connectivity index (χ2n) is 7.66. The third-order valence-corrected chi connectivity index (χ3v) is 5.05. The van der Waals surface area contributed by atoms with E-state index in [4.69, 9.17) is 9.47 Å². The van der Waals surface area contributed by atoms with E-state index in [-0.39, 0.29) is 5.41 Å². The Morgan fingerprint density at radius 3 is 2.08 bits per heavy atom. The predicted molar refractivity (Wildman–Crippen MR) is 107 cm³/mol. The molecule has 3 heteroatoms. The summed E-state index contributed by atoms with van der Waals surface area (Å²) in [5, 5.41) is 9.61. The third-order valence-electron chi connectivity index (χ3n) is 5.05. The Balaban J connectivity index is 2.01. The highest BCUT2D eigenvalue weighted by Gasteiger charge is 2.24. The van der Waals surface area contributed by atoms with Crippen LogP contribution in [0.15, 0.2) is 48.5 Å². The molecular weight excluding hydrogens is 324 g/mol. The van der Waals surface area contributed by atoms with Crippen molar-refractivity contribution in [3.05, 3.63) is 59.7 Å². The van der Waals surface area contributed by atoms with Crippen molar-refractivity contribution in [2.45, 2.75) is 58.0 Å². The van der Waals surface area contributed by atoms with Crippen LogP contribution in [0.1, 0.15) is 57.6 Å². The molecule has 0 aliphatic rings. The van der Waals surface area contributed by atoms with Crippen LogP contribution in [0.2, 0.25) is 0 Å². The third kappa shape index (κ3) is 5.50. The van der Waals surface area contributed by atoms with E-state index in [9.17, 15) is 5.11 Å². The summed E-state index contributed by atoms with van der Waals surface area (Å²) in [6.45, 7) is 9.12. The summed E-state index contributed by atoms with van der Waals surface area (Å²) in [6, 6.07) is 16.6. The van der Waals surface area contributed by atoms with E-state index in [1.807, 2.05) is 31.2 Å². The molecule has 1 N–H and O–H groups in total. The number of aliphatic hydroxyl groups excluding tert-OH is 1. The van der Waals surface area contributed by atoms with Crippen LogP contribution in [-0.4, -0.2) is 24.9 Å². The Hall–Kier alpha value is -2.00. The van der Waals surface area contributed by atoms with Gasteiger partial charge >= 0.3 is 0 Å². The van der Waals surface area contributed by atoms with Crippen molar-refractivity contribution in [1.82, 2.24) is 0 Å². The van der Waals surface area contributed by atoms with Crippen LogP contribution in [0.5, 0.6) is 11.5 Å². The molecule has 0 radical (unpaired) electrons. The number of methoxy groups -OCH3 is 1. The van der Waals surface area contributed by atoms with Crippen LogP contribution < -0.4 is 9.47 Å². The lowest BCUT2D eigenvalue weighted by Crippen LogP contribution is -2.20. The Bertz CT molecular complexity index is 659. The lowest BCUT2D eigenvalue weighted by Gasteiger charge is -2.29. The molecule has 142 valence electrons. The maximum atomic E-state index is 9.61. The van der Waals surface area contributed by atoms with Gasteiger partial charge in [-0.25, -0.2) is 0 Å². The van der Waals surface area contributed by atoms with Gasteiger partial charge in [0.05, 0.1) is 13.2 Å². The molecule has 0 aromatic heterocycles. The van der Waals surface area contributed by atoms with Crippen molar-refractivity contribution in [2.24, 2.45) is 0 Å². The second kappa shape index (κ2) is 9.09. The van der Waals surface area contributed by atoms with Gasteiger partial charge in [0.1, 0.15) is 18.1 Å². The number of aliphatic hydroxyl groups is 1. The normalized spacial score (nSPS) is 13.9. The summed E-state index contributed by atoms with van der Waals surface area (Å²) < 4.78 is 10.9. The molecule has 2 aromatic carbocycles. The average molecular weight is 357 g/mol. The minimum absolute atomic E-state index is 0.0564. The van der Waals surface area contributed by atoms with Crippen LogP contribution in [0, 0.1) is 0 Å². The maximum absolute atomic E-state index is 9.61. The maximum Gasteiger partial charge on any atom is 0.119 e. The molecule has 2 aromatic rings. The average Bonchev–Trinajstić information content (AvgIpc) is 2.66. The zero-order valence-corrected chi connectivity index (χ0v) is 16.7. The molecule has 0 aliphatic carbocycles. The molecule has 2 unspecified atom stereocenters. The number of ether oxygens (including phenoxy) is 2. The Kier molecular flexibility index (Phi) is 7.10. The second-order valence-corrected chi connectivity index (χ2v) is 7.66. The van der Waals surface area contributed by atoms with E-state index >= 15 is 0 Å². The van der Waals surface area contributed by atoms with Gasteiger partial charge < -0.3 is 14.6 Å². The molecule has 2 atom stereocenters. The zero-order chi connectivity index (χ0) is 19.2. The first-order chi connectivity index (χ1) is 12.4. The summed E-state index contributed by atoms with van der Waals surface area (Å²) in [5.41, 5.74) is 2.68. The molecule has 3 nitrogen and oxygen atoms in total. The largest absolute Gasteiger partial charge is 0.497 e. The summed E-state index contributed by atoms with van der Waals surface area (Å²) >= 11 is 0. The molecule has 0 saturated heterocycles. The lowest BCUT2D eigenvalue weighted by molar-refractivity contribution is 0.104. The van der Waals surface area contributed by atoms with E-state index in [0.29, 0.717) is 18.9 Å². The van der Waals surface area contributed by atoms with Crippen molar-refractivity contribution < 1.29 is 14.6 Å². The summed E-state index contributed by atoms with van der Waals surface area (Å²) in [4.78, 5) is 0. The lowest BCUT2D eigenvalue weighted by atomic mass is 9.76. The van der Waals surface area contributed by atoms with Crippen molar-refractivity contribution in [2.75, 3.05) is 13.7 Å². The summed E-state index contributed by atoms with van der Waals surface area (Å²) in [5.74, 6) is 2.15. The number of hydrogen-bond acceptors (Lipinski definition) is 3. The fraction of sp³-hybridized carbons (Fsp3) is 0.478. The first kappa shape index (κ1) is 20.3. The molecule has 0 saturated carbocycles. The predicted octanol–water partition coefficient (Wildman–Crippen LogP) is 5.32. The summed E-state index contributed by atoms with van der Waals surface area (Å²) in [7, 11) is 1.69. The van der Waals surface area contributed by atoms with Crippen molar-refractivity contribution >= 4 is 0 Å². The monoisotopic (exact) mass is 356 g/mol. The SMILES string of the molecule is CCC(O)COc1ccc(C(C)(C)CC(C)c2ccc(OC)cc2)cc1. The van der Waals surface area contributed by atoms with Crippen molar-refractivity contribution in [3.63, 3.8) is 0 Å². The van der Waals surface area contributed by atoms with Crippen LogP contribution in [-0.2, 0) is 5.41 Å². The van der Waals surface area contributed by atoms with Gasteiger partial charge in [-0.3, -0.25) is 0 Å². The van der Waals surface area contributed by atoms with E-state index < -0.39 is 6.10 Å². The zero-order valence-electron chi connectivity index (χ0n) is 16.7. The van der Waals surface area contributed by atoms with Gasteiger partial charge in [0.2, 0.25) is 0 Å². The molecule has 26 heavy (non-hydrogen) atoms. The van der Waals surface area contributed by atoms with Crippen LogP contribution in [0.3, 0.4) is 0 Å². The standard InChI is InChI=1S/C23H32O3/c1-6-20(24)16-26-22-13-9-19(10-14-22)23(3,4)15-17(2)18-7-11-21(25-5)12-8-18/h7-14,17,20,24H,6,15-16H2,1-5H3. The van der Waals surface area contributed by atoms with E-state index in [2.05, 4.69) is 45.0 Å². The van der Waals surface area contributed by atoms with Gasteiger partial charge in [-0.05, 0) is 59.6 Å². The Morgan fingerprint density at radius 1 is 0.962 bits per heavy atom. The van der Waals surface area contributed by atoms with E-state index in [1.165, 1.54) is 11.1 Å². The quantitative estimate of drug-likeness (QED) is 0.661. The van der Waals surface area contributed by atoms with Gasteiger partial charge in [0.25, 0.3) is 0 Å². The van der Waals surface area contributed by atoms with Crippen LogP contribution >= 0.6 is 0 Å². The van der Waals surface area contributed by atoms with Crippen molar-refractivity contribution in [1.29, 1.82) is 0 Å². The molecule has 0 bridgehead atoms. The first-order valence-corrected chi connectivity index (χ1v) is 9.41. The molecule has 0 spiro atoms. The highest BCUT2D eigenvalue weighted by Crippen LogP contribution is 2.35.